The molecule has 256 valence electrons. The lowest BCUT2D eigenvalue weighted by molar-refractivity contribution is -0.140. The molecule has 1 aliphatic rings. The Morgan fingerprint density at radius 1 is 0.562 bits per heavy atom. The average molecular weight is 693 g/mol. The number of rotatable bonds is 3. The number of hydrogen-bond donors (Lipinski definition) is 1. The van der Waals surface area contributed by atoms with E-state index in [1.54, 1.807) is 11.0 Å². The Hall–Kier alpha value is -5.23. The van der Waals surface area contributed by atoms with Gasteiger partial charge in [-0.1, -0.05) is 10.4 Å². The van der Waals surface area contributed by atoms with Gasteiger partial charge in [-0.15, -0.1) is 10.2 Å². The molecule has 19 heteroatoms. The molecule has 3 heterocycles. The van der Waals surface area contributed by atoms with E-state index in [1.807, 2.05) is 0 Å². The van der Waals surface area contributed by atoms with Crippen molar-refractivity contribution in [2.45, 2.75) is 31.4 Å². The minimum absolute atomic E-state index is 0.103. The second-order valence-electron chi connectivity index (χ2n) is 9.99. The fourth-order valence-corrected chi connectivity index (χ4v) is 4.45. The average Bonchev–Trinajstić information content (AvgIpc) is 3.82. The number of nitrogens with zero attached hydrogens (tertiary/aromatic N) is 7. The molecule has 0 radical (unpaired) electrons. The van der Waals surface area contributed by atoms with Crippen molar-refractivity contribution < 1.29 is 48.3 Å². The van der Waals surface area contributed by atoms with Crippen LogP contribution in [0.1, 0.15) is 29.5 Å². The molecule has 0 bridgehead atoms. The van der Waals surface area contributed by atoms with Gasteiger partial charge in [-0.05, 0) is 67.4 Å². The zero-order valence-electron chi connectivity index (χ0n) is 24.2. The Kier molecular flexibility index (Phi) is 10.6. The fourth-order valence-electron chi connectivity index (χ4n) is 4.45. The number of nitrogen functional groups attached to an aromatic ring is 1. The van der Waals surface area contributed by atoms with E-state index in [0.29, 0.717) is 37.0 Å². The van der Waals surface area contributed by atoms with Gasteiger partial charge in [0, 0.05) is 24.5 Å². The maximum atomic E-state index is 13.3. The summed E-state index contributed by atoms with van der Waals surface area (Å²) in [6.07, 6.45) is -6.28. The van der Waals surface area contributed by atoms with Gasteiger partial charge in [-0.25, -0.2) is 18.1 Å². The third kappa shape index (κ3) is 8.97. The number of benzene rings is 3. The molecule has 0 amide bonds. The zero-order chi connectivity index (χ0) is 35.3. The molecule has 0 spiro atoms. The number of aromatic nitrogens is 6. The van der Waals surface area contributed by atoms with E-state index in [0.717, 1.165) is 35.7 Å². The van der Waals surface area contributed by atoms with E-state index in [9.17, 15) is 48.3 Å². The minimum Gasteiger partial charge on any atom is -0.399 e. The third-order valence-corrected chi connectivity index (χ3v) is 6.66. The van der Waals surface area contributed by atoms with Gasteiger partial charge in [0.05, 0.1) is 52.9 Å². The van der Waals surface area contributed by atoms with Crippen molar-refractivity contribution in [3.05, 3.63) is 108 Å². The Morgan fingerprint density at radius 3 is 1.44 bits per heavy atom. The smallest absolute Gasteiger partial charge is 0.399 e. The molecule has 1 aliphatic heterocycles. The summed E-state index contributed by atoms with van der Waals surface area (Å²) in [5.41, 5.74) is 2.39. The highest BCUT2D eigenvalue weighted by molar-refractivity contribution is 5.59. The van der Waals surface area contributed by atoms with Gasteiger partial charge < -0.3 is 10.6 Å². The number of halogens is 11. The summed E-state index contributed by atoms with van der Waals surface area (Å²) >= 11 is 0. The first-order valence-corrected chi connectivity index (χ1v) is 13.6. The minimum atomic E-state index is -4.72. The number of anilines is 2. The van der Waals surface area contributed by atoms with Gasteiger partial charge in [-0.3, -0.25) is 0 Å². The van der Waals surface area contributed by atoms with Crippen LogP contribution in [0.2, 0.25) is 0 Å². The molecular weight excluding hydrogens is 669 g/mol. The van der Waals surface area contributed by atoms with Crippen LogP contribution < -0.4 is 10.6 Å². The van der Waals surface area contributed by atoms with Gasteiger partial charge in [0.25, 0.3) is 0 Å². The van der Waals surface area contributed by atoms with Crippen LogP contribution in [-0.2, 0) is 18.5 Å². The van der Waals surface area contributed by atoms with Crippen molar-refractivity contribution in [3.8, 4) is 11.4 Å². The van der Waals surface area contributed by atoms with Crippen molar-refractivity contribution in [1.82, 2.24) is 30.0 Å². The van der Waals surface area contributed by atoms with Crippen LogP contribution in [0.3, 0.4) is 0 Å². The lowest BCUT2D eigenvalue weighted by Crippen LogP contribution is -2.22. The van der Waals surface area contributed by atoms with Crippen LogP contribution in [0.25, 0.3) is 11.4 Å². The zero-order valence-corrected chi connectivity index (χ0v) is 24.2. The molecule has 1 saturated heterocycles. The summed E-state index contributed by atoms with van der Waals surface area (Å²) in [6.45, 7) is 1.34. The van der Waals surface area contributed by atoms with Crippen molar-refractivity contribution in [2.75, 3.05) is 23.7 Å². The summed E-state index contributed by atoms with van der Waals surface area (Å²) < 4.78 is 141. The van der Waals surface area contributed by atoms with Gasteiger partial charge in [-0.2, -0.15) is 39.5 Å². The van der Waals surface area contributed by atoms with Crippen LogP contribution in [0.15, 0.2) is 79.4 Å². The second kappa shape index (κ2) is 14.3. The number of hydrogen-bond acceptors (Lipinski definition) is 6. The maximum Gasteiger partial charge on any atom is 0.419 e. The molecule has 0 atom stereocenters. The third-order valence-electron chi connectivity index (χ3n) is 6.66. The molecule has 8 nitrogen and oxygen atoms in total. The Morgan fingerprint density at radius 2 is 1.00 bits per heavy atom. The second-order valence-corrected chi connectivity index (χ2v) is 9.99. The van der Waals surface area contributed by atoms with Crippen molar-refractivity contribution in [3.63, 3.8) is 0 Å². The van der Waals surface area contributed by atoms with Gasteiger partial charge in [0.15, 0.2) is 0 Å². The highest BCUT2D eigenvalue weighted by Crippen LogP contribution is 2.39. The predicted octanol–water partition coefficient (Wildman–Crippen LogP) is 7.74. The molecule has 3 aromatic carbocycles. The lowest BCUT2D eigenvalue weighted by atomic mass is 10.1. The first-order chi connectivity index (χ1) is 22.4. The quantitative estimate of drug-likeness (QED) is 0.154. The first kappa shape index (κ1) is 35.6. The highest BCUT2D eigenvalue weighted by Gasteiger charge is 2.37. The lowest BCUT2D eigenvalue weighted by Gasteiger charge is -2.23. The maximum absolute atomic E-state index is 13.3. The normalized spacial score (nSPS) is 13.4. The van der Waals surface area contributed by atoms with E-state index in [-0.39, 0.29) is 17.1 Å². The van der Waals surface area contributed by atoms with Gasteiger partial charge in [0.1, 0.15) is 11.6 Å². The van der Waals surface area contributed by atoms with Crippen molar-refractivity contribution in [1.29, 1.82) is 0 Å². The molecule has 0 unspecified atom stereocenters. The number of nitrogens with two attached hydrogens (primary N) is 1. The summed E-state index contributed by atoms with van der Waals surface area (Å²) in [7, 11) is 0. The van der Waals surface area contributed by atoms with Crippen LogP contribution in [0.5, 0.6) is 0 Å². The molecular formula is C29H23F11N8. The Balaban J connectivity index is 0.000000168. The van der Waals surface area contributed by atoms with Crippen LogP contribution in [-0.4, -0.2) is 43.1 Å². The van der Waals surface area contributed by atoms with Crippen LogP contribution >= 0.6 is 0 Å². The van der Waals surface area contributed by atoms with Crippen LogP contribution in [0, 0.1) is 11.6 Å². The van der Waals surface area contributed by atoms with E-state index in [1.165, 1.54) is 41.6 Å². The monoisotopic (exact) mass is 692 g/mol. The highest BCUT2D eigenvalue weighted by atomic mass is 19.4. The van der Waals surface area contributed by atoms with E-state index >= 15 is 0 Å². The number of alkyl halides is 9. The van der Waals surface area contributed by atoms with Crippen molar-refractivity contribution >= 4 is 11.4 Å². The molecule has 0 saturated carbocycles. The standard InChI is InChI=1S/C13H13F3N4.C9H5F4N3.C7H5F4N/c14-13(15,16)11-9-10(20-8-5-17-18-20)3-4-12(11)19-6-1-2-7-19;10-8-2-1-6(16-4-3-14-15-16)5-7(8)9(11,12)13;8-6-2-1-4(12)3-5(6)7(9,10)11/h3-5,8-9H,1-2,6-7H2;1-5H;1-3H,12H2. The van der Waals surface area contributed by atoms with E-state index in [4.69, 9.17) is 5.73 Å². The molecule has 5 aromatic rings. The molecule has 48 heavy (non-hydrogen) atoms. The molecule has 0 aliphatic carbocycles. The summed E-state index contributed by atoms with van der Waals surface area (Å²) in [5.74, 6) is -2.62. The Bertz CT molecular complexity index is 1780. The van der Waals surface area contributed by atoms with E-state index in [2.05, 4.69) is 20.6 Å². The summed E-state index contributed by atoms with van der Waals surface area (Å²) in [6, 6.07) is 9.24. The summed E-state index contributed by atoms with van der Waals surface area (Å²) in [4.78, 5) is 1.79. The Labute approximate surface area is 264 Å². The van der Waals surface area contributed by atoms with Crippen LogP contribution in [0.4, 0.5) is 59.7 Å². The van der Waals surface area contributed by atoms with Crippen molar-refractivity contribution in [2.24, 2.45) is 0 Å². The largest absolute Gasteiger partial charge is 0.419 e. The molecule has 1 fully saturated rings. The molecule has 6 rings (SSSR count). The predicted molar refractivity (Wildman–Crippen MR) is 150 cm³/mol. The summed E-state index contributed by atoms with van der Waals surface area (Å²) in [5, 5.41) is 14.3. The first-order valence-electron chi connectivity index (χ1n) is 13.6. The fraction of sp³-hybridized carbons (Fsp3) is 0.241. The topological polar surface area (TPSA) is 90.7 Å². The SMILES string of the molecule is FC(F)(F)c1cc(-n2ccnn2)ccc1N1CCCC1.Fc1ccc(-n2ccnn2)cc1C(F)(F)F.Nc1ccc(F)c(C(F)(F)F)c1. The van der Waals surface area contributed by atoms with E-state index < -0.39 is 46.9 Å². The van der Waals surface area contributed by atoms with Gasteiger partial charge >= 0.3 is 18.5 Å². The molecule has 2 N–H and O–H groups in total. The molecule has 2 aromatic heterocycles. The van der Waals surface area contributed by atoms with Gasteiger partial charge in [0.2, 0.25) is 0 Å².